The molecule has 0 saturated carbocycles. The van der Waals surface area contributed by atoms with Crippen LogP contribution in [0, 0.1) is 5.92 Å². The molecule has 0 radical (unpaired) electrons. The maximum Gasteiger partial charge on any atom is 0.222 e. The smallest absolute Gasteiger partial charge is 0.222 e. The summed E-state index contributed by atoms with van der Waals surface area (Å²) in [6.07, 6.45) is -1.30. The van der Waals surface area contributed by atoms with Crippen molar-refractivity contribution < 1.29 is 28.1 Å². The van der Waals surface area contributed by atoms with Crippen molar-refractivity contribution in [1.29, 1.82) is 0 Å². The first kappa shape index (κ1) is 28.2. The average molecular weight is 423 g/mol. The Morgan fingerprint density at radius 1 is 0.862 bits per heavy atom. The highest BCUT2D eigenvalue weighted by molar-refractivity contribution is 5.77. The van der Waals surface area contributed by atoms with Gasteiger partial charge in [0.15, 0.2) is 0 Å². The molecule has 0 aliphatic heterocycles. The van der Waals surface area contributed by atoms with E-state index in [4.69, 9.17) is 18.9 Å². The molecule has 7 nitrogen and oxygen atoms in total. The number of alkyl halides is 1. The van der Waals surface area contributed by atoms with Crippen LogP contribution in [-0.4, -0.2) is 82.6 Å². The summed E-state index contributed by atoms with van der Waals surface area (Å²) in [6.45, 7) is 17.2. The van der Waals surface area contributed by atoms with Crippen LogP contribution >= 0.6 is 0 Å². The Morgan fingerprint density at radius 2 is 1.34 bits per heavy atom. The standard InChI is InChI=1S/C21H43FN2O5/c1-17(2)19(25)23-16-18(22)21(6,7)29-15-14-28-13-12-27-11-10-26-9-8-24-20(3,4)5/h17-18,24H,8-16H2,1-7H3,(H,23,25). The highest BCUT2D eigenvalue weighted by Crippen LogP contribution is 2.17. The maximum absolute atomic E-state index is 14.3. The lowest BCUT2D eigenvalue weighted by molar-refractivity contribution is -0.125. The molecule has 2 N–H and O–H groups in total. The van der Waals surface area contributed by atoms with Crippen LogP contribution in [-0.2, 0) is 23.7 Å². The van der Waals surface area contributed by atoms with Gasteiger partial charge in [-0.25, -0.2) is 4.39 Å². The molecule has 0 saturated heterocycles. The number of rotatable bonds is 17. The van der Waals surface area contributed by atoms with Crippen LogP contribution in [0.15, 0.2) is 0 Å². The lowest BCUT2D eigenvalue weighted by atomic mass is 10.0. The van der Waals surface area contributed by atoms with E-state index in [9.17, 15) is 9.18 Å². The molecule has 0 aromatic carbocycles. The number of carbonyl (C=O) groups is 1. The molecule has 0 aromatic rings. The van der Waals surface area contributed by atoms with Crippen LogP contribution in [0.5, 0.6) is 0 Å². The van der Waals surface area contributed by atoms with Crippen LogP contribution < -0.4 is 10.6 Å². The van der Waals surface area contributed by atoms with Gasteiger partial charge in [-0.3, -0.25) is 4.79 Å². The lowest BCUT2D eigenvalue weighted by Crippen LogP contribution is -2.45. The number of carbonyl (C=O) groups excluding carboxylic acids is 1. The van der Waals surface area contributed by atoms with Crippen LogP contribution in [0.1, 0.15) is 48.5 Å². The number of halogens is 1. The Bertz CT molecular complexity index is 428. The average Bonchev–Trinajstić information content (AvgIpc) is 2.61. The third kappa shape index (κ3) is 16.7. The molecule has 174 valence electrons. The van der Waals surface area contributed by atoms with Crippen molar-refractivity contribution in [3.63, 3.8) is 0 Å². The van der Waals surface area contributed by atoms with Crippen molar-refractivity contribution in [2.24, 2.45) is 5.92 Å². The van der Waals surface area contributed by atoms with Gasteiger partial charge in [0.25, 0.3) is 0 Å². The predicted octanol–water partition coefficient (Wildman–Crippen LogP) is 2.33. The van der Waals surface area contributed by atoms with Gasteiger partial charge < -0.3 is 29.6 Å². The fourth-order valence-corrected chi connectivity index (χ4v) is 2.13. The molecule has 0 aliphatic carbocycles. The minimum absolute atomic E-state index is 0.0625. The second-order valence-electron chi connectivity index (χ2n) is 8.83. The van der Waals surface area contributed by atoms with Crippen molar-refractivity contribution in [2.75, 3.05) is 59.3 Å². The number of hydrogen-bond acceptors (Lipinski definition) is 6. The van der Waals surface area contributed by atoms with Crippen LogP contribution in [0.2, 0.25) is 0 Å². The molecule has 0 fully saturated rings. The summed E-state index contributed by atoms with van der Waals surface area (Å²) < 4.78 is 36.2. The predicted molar refractivity (Wildman–Crippen MR) is 113 cm³/mol. The van der Waals surface area contributed by atoms with E-state index < -0.39 is 11.8 Å². The molecular formula is C21H43FN2O5. The second-order valence-corrected chi connectivity index (χ2v) is 8.83. The molecule has 1 atom stereocenters. The monoisotopic (exact) mass is 422 g/mol. The topological polar surface area (TPSA) is 78.1 Å². The highest BCUT2D eigenvalue weighted by Gasteiger charge is 2.30. The summed E-state index contributed by atoms with van der Waals surface area (Å²) in [4.78, 5) is 11.5. The van der Waals surface area contributed by atoms with E-state index in [1.165, 1.54) is 0 Å². The van der Waals surface area contributed by atoms with Gasteiger partial charge in [-0.05, 0) is 34.6 Å². The Kier molecular flexibility index (Phi) is 14.7. The first-order chi connectivity index (χ1) is 13.5. The van der Waals surface area contributed by atoms with Gasteiger partial charge >= 0.3 is 0 Å². The van der Waals surface area contributed by atoms with Crippen LogP contribution in [0.25, 0.3) is 0 Å². The van der Waals surface area contributed by atoms with Crippen LogP contribution in [0.4, 0.5) is 4.39 Å². The van der Waals surface area contributed by atoms with E-state index in [1.54, 1.807) is 27.7 Å². The molecule has 0 heterocycles. The SMILES string of the molecule is CC(C)C(=O)NCC(F)C(C)(C)OCCOCCOCCOCCNC(C)(C)C. The molecule has 1 unspecified atom stereocenters. The minimum Gasteiger partial charge on any atom is -0.378 e. The molecular weight excluding hydrogens is 379 g/mol. The normalized spacial score (nSPS) is 13.7. The van der Waals surface area contributed by atoms with Crippen molar-refractivity contribution in [3.05, 3.63) is 0 Å². The number of hydrogen-bond donors (Lipinski definition) is 2. The fourth-order valence-electron chi connectivity index (χ4n) is 2.13. The summed E-state index contributed by atoms with van der Waals surface area (Å²) >= 11 is 0. The molecule has 29 heavy (non-hydrogen) atoms. The summed E-state index contributed by atoms with van der Waals surface area (Å²) in [5, 5.41) is 5.93. The summed E-state index contributed by atoms with van der Waals surface area (Å²) in [5.74, 6) is -0.336. The molecule has 0 bridgehead atoms. The van der Waals surface area contributed by atoms with Crippen molar-refractivity contribution in [2.45, 2.75) is 65.8 Å². The zero-order valence-electron chi connectivity index (χ0n) is 19.4. The minimum atomic E-state index is -1.30. The van der Waals surface area contributed by atoms with E-state index in [0.29, 0.717) is 39.6 Å². The molecule has 0 rings (SSSR count). The third-order valence-corrected chi connectivity index (χ3v) is 4.08. The van der Waals surface area contributed by atoms with Crippen molar-refractivity contribution >= 4 is 5.91 Å². The molecule has 0 spiro atoms. The number of ether oxygens (including phenoxy) is 4. The van der Waals surface area contributed by atoms with Gasteiger partial charge in [-0.1, -0.05) is 13.8 Å². The zero-order chi connectivity index (χ0) is 22.3. The van der Waals surface area contributed by atoms with Crippen molar-refractivity contribution in [3.8, 4) is 0 Å². The Balaban J connectivity index is 3.56. The van der Waals surface area contributed by atoms with E-state index in [1.807, 2.05) is 0 Å². The molecule has 0 aliphatic rings. The summed E-state index contributed by atoms with van der Waals surface area (Å²) in [7, 11) is 0. The van der Waals surface area contributed by atoms with E-state index >= 15 is 0 Å². The van der Waals surface area contributed by atoms with Gasteiger partial charge in [0.1, 0.15) is 6.17 Å². The Hall–Kier alpha value is -0.800. The highest BCUT2D eigenvalue weighted by atomic mass is 19.1. The van der Waals surface area contributed by atoms with Gasteiger partial charge in [0.2, 0.25) is 5.91 Å². The van der Waals surface area contributed by atoms with Crippen molar-refractivity contribution in [1.82, 2.24) is 10.6 Å². The second kappa shape index (κ2) is 15.1. The van der Waals surface area contributed by atoms with E-state index in [-0.39, 0.29) is 30.5 Å². The molecule has 1 amide bonds. The lowest BCUT2D eigenvalue weighted by Gasteiger charge is -2.29. The zero-order valence-corrected chi connectivity index (χ0v) is 19.4. The third-order valence-electron chi connectivity index (χ3n) is 4.08. The maximum atomic E-state index is 14.3. The molecule has 0 aromatic heterocycles. The Labute approximate surface area is 176 Å². The largest absolute Gasteiger partial charge is 0.378 e. The summed E-state index contributed by atoms with van der Waals surface area (Å²) in [6, 6.07) is 0. The fraction of sp³-hybridized carbons (Fsp3) is 0.952. The number of amides is 1. The number of nitrogens with one attached hydrogen (secondary N) is 2. The van der Waals surface area contributed by atoms with Gasteiger partial charge in [0.05, 0.1) is 58.4 Å². The first-order valence-corrected chi connectivity index (χ1v) is 10.5. The summed E-state index contributed by atoms with van der Waals surface area (Å²) in [5.41, 5.74) is -0.895. The Morgan fingerprint density at radius 3 is 1.83 bits per heavy atom. The van der Waals surface area contributed by atoms with E-state index in [2.05, 4.69) is 31.4 Å². The molecule has 8 heteroatoms. The van der Waals surface area contributed by atoms with Crippen LogP contribution in [0.3, 0.4) is 0 Å². The van der Waals surface area contributed by atoms with Gasteiger partial charge in [0, 0.05) is 18.0 Å². The van der Waals surface area contributed by atoms with Gasteiger partial charge in [-0.2, -0.15) is 0 Å². The van der Waals surface area contributed by atoms with E-state index in [0.717, 1.165) is 6.54 Å². The first-order valence-electron chi connectivity index (χ1n) is 10.5. The van der Waals surface area contributed by atoms with Gasteiger partial charge in [-0.15, -0.1) is 0 Å². The quantitative estimate of drug-likeness (QED) is 0.350.